The highest BCUT2D eigenvalue weighted by Crippen LogP contribution is 2.20. The maximum atomic E-state index is 12.8. The van der Waals surface area contributed by atoms with Crippen LogP contribution >= 0.6 is 0 Å². The number of rotatable bonds is 9. The molecule has 1 N–H and O–H groups in total. The zero-order valence-corrected chi connectivity index (χ0v) is 16.9. The smallest absolute Gasteiger partial charge is 0.267 e. The second-order valence-corrected chi connectivity index (χ2v) is 7.04. The number of fused-ring (bicyclic) bond motifs is 1. The van der Waals surface area contributed by atoms with Crippen LogP contribution in [-0.4, -0.2) is 22.0 Å². The molecule has 0 aliphatic rings. The first-order valence-corrected chi connectivity index (χ1v) is 10.0. The van der Waals surface area contributed by atoms with E-state index in [1.807, 2.05) is 30.3 Å². The van der Waals surface area contributed by atoms with E-state index in [1.54, 1.807) is 12.1 Å². The number of unbranched alkanes of at least 4 members (excludes halogenated alkanes) is 3. The molecule has 7 heteroatoms. The minimum atomic E-state index is -0.471. The third kappa shape index (κ3) is 5.47. The Kier molecular flexibility index (Phi) is 7.21. The van der Waals surface area contributed by atoms with Crippen LogP contribution in [0.5, 0.6) is 0 Å². The first-order chi connectivity index (χ1) is 14.6. The minimum absolute atomic E-state index is 0.0295. The molecule has 0 saturated heterocycles. The molecule has 0 saturated carbocycles. The van der Waals surface area contributed by atoms with E-state index in [-0.39, 0.29) is 11.6 Å². The second kappa shape index (κ2) is 10.2. The maximum Gasteiger partial charge on any atom is 0.272 e. The Balaban J connectivity index is 1.78. The van der Waals surface area contributed by atoms with Crippen LogP contribution in [0.25, 0.3) is 10.9 Å². The van der Waals surface area contributed by atoms with Crippen molar-refractivity contribution in [2.45, 2.75) is 39.0 Å². The predicted octanol–water partition coefficient (Wildman–Crippen LogP) is 5.03. The molecule has 1 aromatic heterocycles. The molecule has 1 heterocycles. The van der Waals surface area contributed by atoms with Gasteiger partial charge in [-0.3, -0.25) is 19.9 Å². The molecule has 0 fully saturated rings. The molecule has 1 amide bonds. The van der Waals surface area contributed by atoms with E-state index in [0.717, 1.165) is 35.9 Å². The first kappa shape index (κ1) is 21.1. The van der Waals surface area contributed by atoms with Crippen molar-refractivity contribution in [2.75, 3.05) is 0 Å². The number of aryl methyl sites for hydroxylation is 1. The van der Waals surface area contributed by atoms with Gasteiger partial charge in [0.05, 0.1) is 22.2 Å². The number of benzene rings is 2. The Hall–Kier alpha value is -3.61. The lowest BCUT2D eigenvalue weighted by molar-refractivity contribution is -0.384. The fraction of sp³-hybridized carbons (Fsp3) is 0.261. The summed E-state index contributed by atoms with van der Waals surface area (Å²) >= 11 is 0. The Labute approximate surface area is 175 Å². The van der Waals surface area contributed by atoms with E-state index in [1.165, 1.54) is 31.2 Å². The zero-order chi connectivity index (χ0) is 21.3. The molecule has 154 valence electrons. The number of nitrogens with one attached hydrogen (secondary N) is 1. The second-order valence-electron chi connectivity index (χ2n) is 7.04. The number of aromatic nitrogens is 1. The van der Waals surface area contributed by atoms with Crippen molar-refractivity contribution in [1.29, 1.82) is 0 Å². The summed E-state index contributed by atoms with van der Waals surface area (Å²) < 4.78 is 0. The number of hydrazone groups is 1. The molecule has 3 aromatic rings. The van der Waals surface area contributed by atoms with Crippen LogP contribution in [0.2, 0.25) is 0 Å². The van der Waals surface area contributed by atoms with Crippen molar-refractivity contribution in [1.82, 2.24) is 10.4 Å². The van der Waals surface area contributed by atoms with E-state index >= 15 is 0 Å². The number of hydrogen-bond donors (Lipinski definition) is 1. The van der Waals surface area contributed by atoms with E-state index in [4.69, 9.17) is 0 Å². The van der Waals surface area contributed by atoms with E-state index in [2.05, 4.69) is 22.4 Å². The SMILES string of the molecule is CCCCCCc1cc(C(=O)NN=Cc2cccc([N+](=O)[O-])c2)c2ccccc2n1. The van der Waals surface area contributed by atoms with Gasteiger partial charge in [0.15, 0.2) is 0 Å². The molecule has 0 radical (unpaired) electrons. The Bertz CT molecular complexity index is 1080. The molecular formula is C23H24N4O3. The highest BCUT2D eigenvalue weighted by atomic mass is 16.6. The van der Waals surface area contributed by atoms with Crippen LogP contribution in [0, 0.1) is 10.1 Å². The number of nitro groups is 1. The van der Waals surface area contributed by atoms with Crippen molar-refractivity contribution >= 4 is 28.7 Å². The Morgan fingerprint density at radius 3 is 2.77 bits per heavy atom. The highest BCUT2D eigenvalue weighted by Gasteiger charge is 2.12. The molecule has 0 aliphatic heterocycles. The van der Waals surface area contributed by atoms with Crippen LogP contribution in [0.4, 0.5) is 5.69 Å². The lowest BCUT2D eigenvalue weighted by Gasteiger charge is -2.09. The topological polar surface area (TPSA) is 97.5 Å². The standard InChI is InChI=1S/C23H24N4O3/c1-2-3-4-5-10-18-15-21(20-12-6-7-13-22(20)25-18)23(28)26-24-16-17-9-8-11-19(14-17)27(29)30/h6-9,11-16H,2-5,10H2,1H3,(H,26,28). The predicted molar refractivity (Wildman–Crippen MR) is 118 cm³/mol. The van der Waals surface area contributed by atoms with Gasteiger partial charge >= 0.3 is 0 Å². The van der Waals surface area contributed by atoms with Crippen molar-refractivity contribution < 1.29 is 9.72 Å². The molecule has 0 bridgehead atoms. The molecule has 2 aromatic carbocycles. The van der Waals surface area contributed by atoms with Crippen LogP contribution in [0.3, 0.4) is 0 Å². The van der Waals surface area contributed by atoms with Crippen molar-refractivity contribution in [3.05, 3.63) is 81.5 Å². The number of nitro benzene ring substituents is 1. The van der Waals surface area contributed by atoms with Gasteiger partial charge < -0.3 is 0 Å². The number of amides is 1. The van der Waals surface area contributed by atoms with Crippen LogP contribution < -0.4 is 5.43 Å². The van der Waals surface area contributed by atoms with Crippen LogP contribution in [0.15, 0.2) is 59.7 Å². The number of carbonyl (C=O) groups excluding carboxylic acids is 1. The highest BCUT2D eigenvalue weighted by molar-refractivity contribution is 6.06. The molecule has 0 unspecified atom stereocenters. The quantitative estimate of drug-likeness (QED) is 0.234. The monoisotopic (exact) mass is 404 g/mol. The van der Waals surface area contributed by atoms with Crippen molar-refractivity contribution in [3.8, 4) is 0 Å². The first-order valence-electron chi connectivity index (χ1n) is 10.0. The summed E-state index contributed by atoms with van der Waals surface area (Å²) in [5.74, 6) is -0.343. The number of carbonyl (C=O) groups is 1. The van der Waals surface area contributed by atoms with Crippen LogP contribution in [0.1, 0.15) is 54.2 Å². The lowest BCUT2D eigenvalue weighted by atomic mass is 10.0. The summed E-state index contributed by atoms with van der Waals surface area (Å²) in [6.45, 7) is 2.17. The molecule has 0 aliphatic carbocycles. The molecule has 30 heavy (non-hydrogen) atoms. The van der Waals surface area contributed by atoms with Gasteiger partial charge in [-0.25, -0.2) is 5.43 Å². The molecule has 0 spiro atoms. The van der Waals surface area contributed by atoms with Gasteiger partial charge in [-0.05, 0) is 25.0 Å². The summed E-state index contributed by atoms with van der Waals surface area (Å²) in [5.41, 5.74) is 5.20. The Morgan fingerprint density at radius 1 is 1.13 bits per heavy atom. The fourth-order valence-electron chi connectivity index (χ4n) is 3.22. The summed E-state index contributed by atoms with van der Waals surface area (Å²) in [6.07, 6.45) is 6.74. The summed E-state index contributed by atoms with van der Waals surface area (Å²) in [4.78, 5) is 27.9. The molecule has 3 rings (SSSR count). The molecule has 0 atom stereocenters. The maximum absolute atomic E-state index is 12.8. The summed E-state index contributed by atoms with van der Waals surface area (Å²) in [6, 6.07) is 15.4. The van der Waals surface area contributed by atoms with Gasteiger partial charge in [0, 0.05) is 28.8 Å². The number of pyridine rings is 1. The van der Waals surface area contributed by atoms with E-state index in [0.29, 0.717) is 11.1 Å². The number of non-ortho nitro benzene ring substituents is 1. The summed E-state index contributed by atoms with van der Waals surface area (Å²) in [5, 5.41) is 15.6. The normalized spacial score (nSPS) is 11.1. The number of para-hydroxylation sites is 1. The Morgan fingerprint density at radius 2 is 1.97 bits per heavy atom. The van der Waals surface area contributed by atoms with Gasteiger partial charge in [0.2, 0.25) is 0 Å². The minimum Gasteiger partial charge on any atom is -0.267 e. The lowest BCUT2D eigenvalue weighted by Crippen LogP contribution is -2.18. The van der Waals surface area contributed by atoms with Gasteiger partial charge in [-0.15, -0.1) is 0 Å². The van der Waals surface area contributed by atoms with Gasteiger partial charge in [0.1, 0.15) is 0 Å². The fourth-order valence-corrected chi connectivity index (χ4v) is 3.22. The third-order valence-corrected chi connectivity index (χ3v) is 4.76. The van der Waals surface area contributed by atoms with Gasteiger partial charge in [-0.1, -0.05) is 56.5 Å². The number of nitrogens with zero attached hydrogens (tertiary/aromatic N) is 3. The summed E-state index contributed by atoms with van der Waals surface area (Å²) in [7, 11) is 0. The molecule has 7 nitrogen and oxygen atoms in total. The van der Waals surface area contributed by atoms with Crippen molar-refractivity contribution in [2.24, 2.45) is 5.10 Å². The van der Waals surface area contributed by atoms with Crippen molar-refractivity contribution in [3.63, 3.8) is 0 Å². The van der Waals surface area contributed by atoms with Gasteiger partial charge in [-0.2, -0.15) is 5.10 Å². The van der Waals surface area contributed by atoms with Gasteiger partial charge in [0.25, 0.3) is 11.6 Å². The van der Waals surface area contributed by atoms with Crippen LogP contribution in [-0.2, 0) is 6.42 Å². The zero-order valence-electron chi connectivity index (χ0n) is 16.9. The van der Waals surface area contributed by atoms with E-state index in [9.17, 15) is 14.9 Å². The molecular weight excluding hydrogens is 380 g/mol. The third-order valence-electron chi connectivity index (χ3n) is 4.76. The van der Waals surface area contributed by atoms with E-state index < -0.39 is 4.92 Å². The number of hydrogen-bond acceptors (Lipinski definition) is 5. The average molecular weight is 404 g/mol. The largest absolute Gasteiger partial charge is 0.272 e. The average Bonchev–Trinajstić information content (AvgIpc) is 2.76.